The minimum Gasteiger partial charge on any atom is -0.283 e. The molecule has 12 heavy (non-hydrogen) atoms. The molecule has 1 saturated heterocycles. The molecule has 0 amide bonds. The van der Waals surface area contributed by atoms with Crippen LogP contribution in [0.1, 0.15) is 17.4 Å². The summed E-state index contributed by atoms with van der Waals surface area (Å²) in [5.41, 5.74) is 1.88. The summed E-state index contributed by atoms with van der Waals surface area (Å²) < 4.78 is 0.756. The van der Waals surface area contributed by atoms with E-state index in [0.29, 0.717) is 6.04 Å². The largest absolute Gasteiger partial charge is 0.283 e. The van der Waals surface area contributed by atoms with Gasteiger partial charge in [0.25, 0.3) is 0 Å². The molecule has 1 aromatic heterocycles. The summed E-state index contributed by atoms with van der Waals surface area (Å²) in [7, 11) is 0. The Morgan fingerprint density at radius 3 is 3.33 bits per heavy atom. The second kappa shape index (κ2) is 2.11. The van der Waals surface area contributed by atoms with Gasteiger partial charge in [-0.3, -0.25) is 15.3 Å². The van der Waals surface area contributed by atoms with Gasteiger partial charge in [-0.05, 0) is 15.9 Å². The van der Waals surface area contributed by atoms with Crippen molar-refractivity contribution in [1.82, 2.24) is 15.3 Å². The molecule has 3 heterocycles. The van der Waals surface area contributed by atoms with E-state index in [9.17, 15) is 0 Å². The van der Waals surface area contributed by atoms with Crippen LogP contribution in [0, 0.1) is 0 Å². The lowest BCUT2D eigenvalue weighted by atomic mass is 10.2. The number of fused-ring (bicyclic) bond motifs is 3. The molecule has 0 radical (unpaired) electrons. The van der Waals surface area contributed by atoms with Crippen molar-refractivity contribution in [1.29, 1.82) is 0 Å². The van der Waals surface area contributed by atoms with Gasteiger partial charge in [-0.25, -0.2) is 4.98 Å². The maximum atomic E-state index is 4.28. The van der Waals surface area contributed by atoms with Crippen molar-refractivity contribution >= 4 is 22.1 Å². The number of hydrogen-bond acceptors (Lipinski definition) is 4. The normalized spacial score (nSPS) is 29.4. The smallest absolute Gasteiger partial charge is 0.125 e. The van der Waals surface area contributed by atoms with Crippen molar-refractivity contribution in [2.24, 2.45) is 4.99 Å². The van der Waals surface area contributed by atoms with E-state index >= 15 is 0 Å². The predicted octanol–water partition coefficient (Wildman–Crippen LogP) is 0.642. The Labute approximate surface area is 77.3 Å². The van der Waals surface area contributed by atoms with Crippen LogP contribution < -0.4 is 5.32 Å². The molecule has 1 aromatic rings. The zero-order chi connectivity index (χ0) is 8.13. The maximum Gasteiger partial charge on any atom is 0.125 e. The summed E-state index contributed by atoms with van der Waals surface area (Å²) >= 11 is 3.27. The van der Waals surface area contributed by atoms with Gasteiger partial charge in [-0.2, -0.15) is 0 Å². The third-order valence-electron chi connectivity index (χ3n) is 2.01. The monoisotopic (exact) mass is 224 g/mol. The summed E-state index contributed by atoms with van der Waals surface area (Å²) in [6.07, 6.45) is 3.75. The fourth-order valence-corrected chi connectivity index (χ4v) is 1.66. The molecule has 1 N–H and O–H groups in total. The highest BCUT2D eigenvalue weighted by atomic mass is 79.9. The zero-order valence-corrected chi connectivity index (χ0v) is 7.62. The molecule has 3 rings (SSSR count). The molecule has 2 unspecified atom stereocenters. The maximum absolute atomic E-state index is 4.28. The minimum absolute atomic E-state index is 0.257. The molecule has 2 aliphatic heterocycles. The van der Waals surface area contributed by atoms with Gasteiger partial charge < -0.3 is 0 Å². The standard InChI is InChI=1S/C7H5BrN4/c8-4-2-9-5-3(11-4)1-10-7-6(5)12-7/h1-2,6-7,12H. The van der Waals surface area contributed by atoms with Crippen molar-refractivity contribution in [3.8, 4) is 0 Å². The number of aromatic nitrogens is 2. The molecule has 4 nitrogen and oxygen atoms in total. The van der Waals surface area contributed by atoms with Crippen LogP contribution in [0.3, 0.4) is 0 Å². The third-order valence-corrected chi connectivity index (χ3v) is 2.39. The summed E-state index contributed by atoms with van der Waals surface area (Å²) in [5, 5.41) is 3.19. The Hall–Kier alpha value is -0.810. The molecule has 0 spiro atoms. The van der Waals surface area contributed by atoms with Crippen LogP contribution in [0.4, 0.5) is 0 Å². The molecule has 0 aromatic carbocycles. The van der Waals surface area contributed by atoms with Crippen LogP contribution in [0.15, 0.2) is 15.8 Å². The van der Waals surface area contributed by atoms with Gasteiger partial charge >= 0.3 is 0 Å². The molecule has 5 heteroatoms. The molecule has 0 aliphatic carbocycles. The van der Waals surface area contributed by atoms with E-state index in [1.165, 1.54) is 0 Å². The van der Waals surface area contributed by atoms with Gasteiger partial charge in [0.05, 0.1) is 24.1 Å². The summed E-state index contributed by atoms with van der Waals surface area (Å²) in [6, 6.07) is 0.311. The van der Waals surface area contributed by atoms with Crippen molar-refractivity contribution < 1.29 is 0 Å². The van der Waals surface area contributed by atoms with Gasteiger partial charge in [-0.1, -0.05) is 0 Å². The van der Waals surface area contributed by atoms with Gasteiger partial charge in [0.2, 0.25) is 0 Å². The molecule has 2 aliphatic rings. The molecule has 1 fully saturated rings. The lowest BCUT2D eigenvalue weighted by Crippen LogP contribution is -2.05. The quantitative estimate of drug-likeness (QED) is 0.659. The van der Waals surface area contributed by atoms with Crippen molar-refractivity contribution in [2.45, 2.75) is 12.2 Å². The number of aliphatic imine (C=N–C) groups is 1. The van der Waals surface area contributed by atoms with Crippen LogP contribution in [0.2, 0.25) is 0 Å². The second-order valence-electron chi connectivity index (χ2n) is 2.83. The van der Waals surface area contributed by atoms with E-state index < -0.39 is 0 Å². The van der Waals surface area contributed by atoms with Gasteiger partial charge in [0.1, 0.15) is 16.5 Å². The van der Waals surface area contributed by atoms with Crippen LogP contribution >= 0.6 is 15.9 Å². The number of nitrogens with one attached hydrogen (secondary N) is 1. The molecule has 60 valence electrons. The number of nitrogens with zero attached hydrogens (tertiary/aromatic N) is 3. The highest BCUT2D eigenvalue weighted by Gasteiger charge is 2.42. The zero-order valence-electron chi connectivity index (χ0n) is 6.03. The van der Waals surface area contributed by atoms with E-state index in [4.69, 9.17) is 0 Å². The van der Waals surface area contributed by atoms with E-state index in [2.05, 4.69) is 36.2 Å². The topological polar surface area (TPSA) is 60.1 Å². The first-order chi connectivity index (χ1) is 5.84. The second-order valence-corrected chi connectivity index (χ2v) is 3.64. The average molecular weight is 225 g/mol. The Morgan fingerprint density at radius 2 is 2.42 bits per heavy atom. The Bertz CT molecular complexity index is 376. The van der Waals surface area contributed by atoms with Gasteiger partial charge in [0, 0.05) is 0 Å². The van der Waals surface area contributed by atoms with Crippen LogP contribution in [0.25, 0.3) is 0 Å². The highest BCUT2D eigenvalue weighted by molar-refractivity contribution is 9.10. The van der Waals surface area contributed by atoms with Crippen molar-refractivity contribution in [3.63, 3.8) is 0 Å². The van der Waals surface area contributed by atoms with E-state index in [1.54, 1.807) is 12.4 Å². The fourth-order valence-electron chi connectivity index (χ4n) is 1.36. The lowest BCUT2D eigenvalue weighted by Gasteiger charge is -2.04. The Morgan fingerprint density at radius 1 is 1.50 bits per heavy atom. The van der Waals surface area contributed by atoms with Crippen LogP contribution in [-0.4, -0.2) is 22.3 Å². The molecule has 0 bridgehead atoms. The van der Waals surface area contributed by atoms with E-state index in [-0.39, 0.29) is 6.17 Å². The van der Waals surface area contributed by atoms with Crippen molar-refractivity contribution in [3.05, 3.63) is 22.2 Å². The predicted molar refractivity (Wildman–Crippen MR) is 47.0 cm³/mol. The summed E-state index contributed by atoms with van der Waals surface area (Å²) in [4.78, 5) is 12.8. The van der Waals surface area contributed by atoms with Crippen molar-refractivity contribution in [2.75, 3.05) is 0 Å². The van der Waals surface area contributed by atoms with E-state index in [1.807, 2.05) is 0 Å². The van der Waals surface area contributed by atoms with E-state index in [0.717, 1.165) is 16.0 Å². The minimum atomic E-state index is 0.257. The summed E-state index contributed by atoms with van der Waals surface area (Å²) in [5.74, 6) is 0. The first kappa shape index (κ1) is 6.68. The number of hydrogen-bond donors (Lipinski definition) is 1. The number of halogens is 1. The number of rotatable bonds is 0. The van der Waals surface area contributed by atoms with Gasteiger partial charge in [-0.15, -0.1) is 0 Å². The molecular formula is C7H5BrN4. The van der Waals surface area contributed by atoms with Crippen LogP contribution in [-0.2, 0) is 0 Å². The molecule has 0 saturated carbocycles. The first-order valence-corrected chi connectivity index (χ1v) is 4.45. The van der Waals surface area contributed by atoms with Gasteiger partial charge in [0.15, 0.2) is 0 Å². The fraction of sp³-hybridized carbons (Fsp3) is 0.286. The molecule has 2 atom stereocenters. The average Bonchev–Trinajstić information content (AvgIpc) is 2.82. The SMILES string of the molecule is Brc1cnc2c(n1)C=NC1NC21. The summed E-state index contributed by atoms with van der Waals surface area (Å²) in [6.45, 7) is 0. The third kappa shape index (κ3) is 0.834. The Kier molecular flexibility index (Phi) is 1.18. The molecular weight excluding hydrogens is 220 g/mol. The first-order valence-electron chi connectivity index (χ1n) is 3.66. The Balaban J connectivity index is 2.21. The van der Waals surface area contributed by atoms with Crippen LogP contribution in [0.5, 0.6) is 0 Å². The highest BCUT2D eigenvalue weighted by Crippen LogP contribution is 2.33. The lowest BCUT2D eigenvalue weighted by molar-refractivity contribution is 0.896.